The summed E-state index contributed by atoms with van der Waals surface area (Å²) in [4.78, 5) is 9.05. The van der Waals surface area contributed by atoms with Gasteiger partial charge in [0.05, 0.1) is 0 Å². The second-order valence-electron chi connectivity index (χ2n) is 5.18. The van der Waals surface area contributed by atoms with Crippen LogP contribution in [0.5, 0.6) is 0 Å². The van der Waals surface area contributed by atoms with Crippen molar-refractivity contribution in [3.05, 3.63) is 24.2 Å². The van der Waals surface area contributed by atoms with Crippen LogP contribution in [0.4, 0.5) is 0 Å². The molecule has 0 spiro atoms. The molecule has 18 heavy (non-hydrogen) atoms. The minimum atomic E-state index is 0.291. The molecule has 0 fully saturated rings. The molecule has 0 amide bonds. The number of nitrogens with two attached hydrogens (primary N) is 1. The molecular weight excluding hydrogens is 224 g/mol. The zero-order chi connectivity index (χ0) is 13.1. The van der Waals surface area contributed by atoms with E-state index in [-0.39, 0.29) is 0 Å². The largest absolute Gasteiger partial charge is 0.328 e. The number of aryl methyl sites for hydroxylation is 1. The van der Waals surface area contributed by atoms with Crippen LogP contribution in [0.1, 0.15) is 44.9 Å². The first-order chi connectivity index (χ1) is 8.59. The van der Waals surface area contributed by atoms with E-state index in [9.17, 15) is 0 Å². The molecule has 2 aromatic heterocycles. The molecule has 0 aliphatic heterocycles. The molecule has 0 saturated heterocycles. The highest BCUT2D eigenvalue weighted by molar-refractivity contribution is 5.71. The third kappa shape index (κ3) is 2.70. The highest BCUT2D eigenvalue weighted by atomic mass is 15.1. The Kier molecular flexibility index (Phi) is 3.97. The van der Waals surface area contributed by atoms with Gasteiger partial charge in [0.1, 0.15) is 11.3 Å². The van der Waals surface area contributed by atoms with Crippen LogP contribution in [0.25, 0.3) is 11.2 Å². The second kappa shape index (κ2) is 5.48. The lowest BCUT2D eigenvalue weighted by Crippen LogP contribution is -2.14. The van der Waals surface area contributed by atoms with E-state index < -0.39 is 0 Å². The molecule has 4 nitrogen and oxygen atoms in total. The average Bonchev–Trinajstić information content (AvgIpc) is 2.67. The van der Waals surface area contributed by atoms with Crippen molar-refractivity contribution < 1.29 is 0 Å². The van der Waals surface area contributed by atoms with Crippen LogP contribution in [0.2, 0.25) is 0 Å². The van der Waals surface area contributed by atoms with Gasteiger partial charge in [0.2, 0.25) is 0 Å². The zero-order valence-corrected chi connectivity index (χ0v) is 11.4. The first-order valence-electron chi connectivity index (χ1n) is 6.62. The van der Waals surface area contributed by atoms with E-state index in [1.54, 1.807) is 0 Å². The summed E-state index contributed by atoms with van der Waals surface area (Å²) in [6.45, 7) is 4.28. The molecule has 0 aromatic carbocycles. The van der Waals surface area contributed by atoms with Gasteiger partial charge in [0.25, 0.3) is 0 Å². The summed E-state index contributed by atoms with van der Waals surface area (Å²) in [5.74, 6) is 1.57. The third-order valence-electron chi connectivity index (χ3n) is 3.40. The molecule has 2 heterocycles. The number of fused-ring (bicyclic) bond motifs is 1. The molecule has 0 aliphatic carbocycles. The molecule has 0 bridgehead atoms. The van der Waals surface area contributed by atoms with E-state index in [1.807, 2.05) is 25.4 Å². The summed E-state index contributed by atoms with van der Waals surface area (Å²) < 4.78 is 2.10. The molecule has 2 unspecified atom stereocenters. The van der Waals surface area contributed by atoms with Crippen LogP contribution in [-0.2, 0) is 7.05 Å². The van der Waals surface area contributed by atoms with E-state index in [4.69, 9.17) is 5.73 Å². The highest BCUT2D eigenvalue weighted by Gasteiger charge is 2.14. The number of rotatable bonds is 5. The van der Waals surface area contributed by atoms with Crippen molar-refractivity contribution >= 4 is 11.2 Å². The fourth-order valence-electron chi connectivity index (χ4n) is 2.36. The van der Waals surface area contributed by atoms with E-state index in [1.165, 1.54) is 0 Å². The summed E-state index contributed by atoms with van der Waals surface area (Å²) in [6, 6.07) is 4.24. The maximum absolute atomic E-state index is 5.78. The smallest absolute Gasteiger partial charge is 0.159 e. The molecule has 2 N–H and O–H groups in total. The van der Waals surface area contributed by atoms with Gasteiger partial charge in [-0.2, -0.15) is 0 Å². The van der Waals surface area contributed by atoms with Crippen molar-refractivity contribution in [3.8, 4) is 0 Å². The summed E-state index contributed by atoms with van der Waals surface area (Å²) in [6.07, 6.45) is 5.16. The first-order valence-corrected chi connectivity index (χ1v) is 6.62. The summed E-state index contributed by atoms with van der Waals surface area (Å²) in [7, 11) is 2.04. The lowest BCUT2D eigenvalue weighted by molar-refractivity contribution is 0.535. The standard InChI is InChI=1S/C14H22N4/c1-10(6-4-7-11(2)15)13-17-12-8-5-9-16-14(12)18(13)3/h5,8-11H,4,6-7,15H2,1-3H3. The lowest BCUT2D eigenvalue weighted by Gasteiger charge is -2.12. The number of pyridine rings is 1. The molecule has 98 valence electrons. The summed E-state index contributed by atoms with van der Waals surface area (Å²) >= 11 is 0. The predicted octanol–water partition coefficient (Wildman–Crippen LogP) is 2.59. The molecule has 0 radical (unpaired) electrons. The Morgan fingerprint density at radius 1 is 1.33 bits per heavy atom. The molecule has 0 aliphatic rings. The fourth-order valence-corrected chi connectivity index (χ4v) is 2.36. The summed E-state index contributed by atoms with van der Waals surface area (Å²) in [5.41, 5.74) is 7.72. The van der Waals surface area contributed by atoms with E-state index in [0.29, 0.717) is 12.0 Å². The number of aromatic nitrogens is 3. The van der Waals surface area contributed by atoms with Crippen molar-refractivity contribution in [2.45, 2.75) is 45.1 Å². The predicted molar refractivity (Wildman–Crippen MR) is 74.4 cm³/mol. The fraction of sp³-hybridized carbons (Fsp3) is 0.571. The molecule has 2 aromatic rings. The third-order valence-corrected chi connectivity index (χ3v) is 3.40. The van der Waals surface area contributed by atoms with Gasteiger partial charge >= 0.3 is 0 Å². The second-order valence-corrected chi connectivity index (χ2v) is 5.18. The van der Waals surface area contributed by atoms with Gasteiger partial charge in [0.15, 0.2) is 5.65 Å². The Hall–Kier alpha value is -1.42. The molecule has 4 heteroatoms. The minimum Gasteiger partial charge on any atom is -0.328 e. The number of hydrogen-bond acceptors (Lipinski definition) is 3. The SMILES string of the molecule is CC(N)CCCC(C)c1nc2cccnc2n1C. The molecule has 0 saturated carbocycles. The monoisotopic (exact) mass is 246 g/mol. The molecule has 2 atom stereocenters. The number of imidazole rings is 1. The van der Waals surface area contributed by atoms with Gasteiger partial charge in [-0.3, -0.25) is 0 Å². The first kappa shape index (κ1) is 13.0. The lowest BCUT2D eigenvalue weighted by atomic mass is 10.0. The van der Waals surface area contributed by atoms with Gasteiger partial charge < -0.3 is 10.3 Å². The maximum Gasteiger partial charge on any atom is 0.159 e. The van der Waals surface area contributed by atoms with Crippen LogP contribution in [0, 0.1) is 0 Å². The van der Waals surface area contributed by atoms with Crippen molar-refractivity contribution in [2.24, 2.45) is 12.8 Å². The van der Waals surface area contributed by atoms with E-state index >= 15 is 0 Å². The van der Waals surface area contributed by atoms with Gasteiger partial charge in [-0.25, -0.2) is 9.97 Å². The Morgan fingerprint density at radius 3 is 2.78 bits per heavy atom. The maximum atomic E-state index is 5.78. The Bertz CT molecular complexity index is 515. The van der Waals surface area contributed by atoms with Crippen LogP contribution in [0.15, 0.2) is 18.3 Å². The van der Waals surface area contributed by atoms with Crippen molar-refractivity contribution in [2.75, 3.05) is 0 Å². The highest BCUT2D eigenvalue weighted by Crippen LogP contribution is 2.23. The van der Waals surface area contributed by atoms with Crippen molar-refractivity contribution in [1.82, 2.24) is 14.5 Å². The zero-order valence-electron chi connectivity index (χ0n) is 11.4. The van der Waals surface area contributed by atoms with Gasteiger partial charge in [0, 0.05) is 25.2 Å². The van der Waals surface area contributed by atoms with Crippen LogP contribution in [0.3, 0.4) is 0 Å². The topological polar surface area (TPSA) is 56.7 Å². The number of nitrogens with zero attached hydrogens (tertiary/aromatic N) is 3. The van der Waals surface area contributed by atoms with Crippen molar-refractivity contribution in [3.63, 3.8) is 0 Å². The van der Waals surface area contributed by atoms with Crippen molar-refractivity contribution in [1.29, 1.82) is 0 Å². The van der Waals surface area contributed by atoms with E-state index in [0.717, 1.165) is 36.3 Å². The molecular formula is C14H22N4. The number of hydrogen-bond donors (Lipinski definition) is 1. The summed E-state index contributed by atoms with van der Waals surface area (Å²) in [5, 5.41) is 0. The minimum absolute atomic E-state index is 0.291. The quantitative estimate of drug-likeness (QED) is 0.882. The Labute approximate surface area is 108 Å². The van der Waals surface area contributed by atoms with Crippen LogP contribution in [-0.4, -0.2) is 20.6 Å². The van der Waals surface area contributed by atoms with Gasteiger partial charge in [-0.05, 0) is 31.9 Å². The van der Waals surface area contributed by atoms with Crippen LogP contribution < -0.4 is 5.73 Å². The normalized spacial score (nSPS) is 14.9. The average molecular weight is 246 g/mol. The van der Waals surface area contributed by atoms with E-state index in [2.05, 4.69) is 28.4 Å². The Balaban J connectivity index is 2.12. The van der Waals surface area contributed by atoms with Crippen LogP contribution >= 0.6 is 0 Å². The Morgan fingerprint density at radius 2 is 2.11 bits per heavy atom. The van der Waals surface area contributed by atoms with Gasteiger partial charge in [-0.1, -0.05) is 13.3 Å². The molecule has 2 rings (SSSR count). The van der Waals surface area contributed by atoms with Gasteiger partial charge in [-0.15, -0.1) is 0 Å².